The number of aromatic nitrogens is 1. The lowest BCUT2D eigenvalue weighted by atomic mass is 10.3. The Kier molecular flexibility index (Phi) is 4.54. The smallest absolute Gasteiger partial charge is 0.256 e. The Morgan fingerprint density at radius 2 is 2.39 bits per heavy atom. The molecule has 4 nitrogen and oxygen atoms in total. The van der Waals surface area contributed by atoms with Crippen LogP contribution in [0.5, 0.6) is 5.88 Å². The summed E-state index contributed by atoms with van der Waals surface area (Å²) in [6.45, 7) is 2.47. The van der Waals surface area contributed by atoms with E-state index >= 15 is 0 Å². The second kappa shape index (κ2) is 6.14. The summed E-state index contributed by atoms with van der Waals surface area (Å²) in [5, 5.41) is 4.62. The van der Waals surface area contributed by atoms with Gasteiger partial charge in [-0.1, -0.05) is 0 Å². The van der Waals surface area contributed by atoms with Crippen molar-refractivity contribution < 1.29 is 9.53 Å². The standard InChI is InChI=1S/C12H11IN2O2S/c1-2-17-11-4-3-9(6-14-11)15-12(16)8-5-10(13)18-7-8/h3-7H,2H2,1H3,(H,15,16). The minimum atomic E-state index is -0.125. The number of thiophene rings is 1. The van der Waals surface area contributed by atoms with Gasteiger partial charge in [0.25, 0.3) is 5.91 Å². The number of hydrogen-bond donors (Lipinski definition) is 1. The molecule has 0 bridgehead atoms. The van der Waals surface area contributed by atoms with Crippen molar-refractivity contribution in [2.75, 3.05) is 11.9 Å². The second-order valence-electron chi connectivity index (χ2n) is 3.41. The minimum Gasteiger partial charge on any atom is -0.478 e. The van der Waals surface area contributed by atoms with Gasteiger partial charge in [-0.25, -0.2) is 4.98 Å². The van der Waals surface area contributed by atoms with Gasteiger partial charge in [-0.2, -0.15) is 0 Å². The van der Waals surface area contributed by atoms with Crippen molar-refractivity contribution in [3.8, 4) is 5.88 Å². The number of ether oxygens (including phenoxy) is 1. The van der Waals surface area contributed by atoms with E-state index in [9.17, 15) is 4.79 Å². The molecule has 2 rings (SSSR count). The summed E-state index contributed by atoms with van der Waals surface area (Å²) in [4.78, 5) is 16.0. The lowest BCUT2D eigenvalue weighted by Gasteiger charge is -2.05. The largest absolute Gasteiger partial charge is 0.478 e. The van der Waals surface area contributed by atoms with Gasteiger partial charge in [0.15, 0.2) is 0 Å². The molecule has 0 unspecified atom stereocenters. The quantitative estimate of drug-likeness (QED) is 0.835. The maximum absolute atomic E-state index is 11.9. The Labute approximate surface area is 123 Å². The van der Waals surface area contributed by atoms with Crippen LogP contribution in [-0.2, 0) is 0 Å². The molecule has 0 aliphatic heterocycles. The molecule has 0 saturated heterocycles. The van der Waals surface area contributed by atoms with Gasteiger partial charge < -0.3 is 10.1 Å². The monoisotopic (exact) mass is 374 g/mol. The van der Waals surface area contributed by atoms with Gasteiger partial charge in [0.05, 0.1) is 26.9 Å². The fourth-order valence-electron chi connectivity index (χ4n) is 1.32. The van der Waals surface area contributed by atoms with Crippen molar-refractivity contribution in [1.82, 2.24) is 4.98 Å². The molecular formula is C12H11IN2O2S. The van der Waals surface area contributed by atoms with Gasteiger partial charge in [-0.05, 0) is 41.6 Å². The van der Waals surface area contributed by atoms with Crippen molar-refractivity contribution in [2.45, 2.75) is 6.92 Å². The van der Waals surface area contributed by atoms with E-state index < -0.39 is 0 Å². The Morgan fingerprint density at radius 3 is 2.94 bits per heavy atom. The number of carbonyl (C=O) groups excluding carboxylic acids is 1. The molecule has 1 N–H and O–H groups in total. The molecule has 94 valence electrons. The van der Waals surface area contributed by atoms with E-state index in [0.29, 0.717) is 23.7 Å². The zero-order valence-electron chi connectivity index (χ0n) is 9.64. The van der Waals surface area contributed by atoms with Crippen LogP contribution in [0.2, 0.25) is 0 Å². The van der Waals surface area contributed by atoms with Crippen molar-refractivity contribution in [2.24, 2.45) is 0 Å². The highest BCUT2D eigenvalue weighted by molar-refractivity contribution is 14.1. The maximum atomic E-state index is 11.9. The van der Waals surface area contributed by atoms with E-state index in [1.165, 1.54) is 0 Å². The third kappa shape index (κ3) is 3.42. The summed E-state index contributed by atoms with van der Waals surface area (Å²) < 4.78 is 6.32. The number of nitrogens with one attached hydrogen (secondary N) is 1. The van der Waals surface area contributed by atoms with Crippen LogP contribution in [0.3, 0.4) is 0 Å². The van der Waals surface area contributed by atoms with Crippen molar-refractivity contribution in [3.63, 3.8) is 0 Å². The van der Waals surface area contributed by atoms with Crippen molar-refractivity contribution >= 4 is 45.5 Å². The van der Waals surface area contributed by atoms with Gasteiger partial charge in [-0.15, -0.1) is 11.3 Å². The molecule has 2 aromatic heterocycles. The molecule has 6 heteroatoms. The fraction of sp³-hybridized carbons (Fsp3) is 0.167. The third-order valence-electron chi connectivity index (χ3n) is 2.12. The topological polar surface area (TPSA) is 51.2 Å². The molecule has 0 fully saturated rings. The Hall–Kier alpha value is -1.15. The third-order valence-corrected chi connectivity index (χ3v) is 3.91. The molecule has 0 aliphatic rings. The highest BCUT2D eigenvalue weighted by Gasteiger charge is 2.08. The van der Waals surface area contributed by atoms with E-state index in [0.717, 1.165) is 2.88 Å². The molecule has 0 atom stereocenters. The van der Waals surface area contributed by atoms with Crippen LogP contribution in [-0.4, -0.2) is 17.5 Å². The second-order valence-corrected chi connectivity index (χ2v) is 6.22. The van der Waals surface area contributed by atoms with E-state index in [1.54, 1.807) is 29.7 Å². The number of rotatable bonds is 4. The average Bonchev–Trinajstić information content (AvgIpc) is 2.79. The van der Waals surface area contributed by atoms with E-state index in [1.807, 2.05) is 18.4 Å². The lowest BCUT2D eigenvalue weighted by molar-refractivity contribution is 0.102. The van der Waals surface area contributed by atoms with E-state index in [4.69, 9.17) is 4.74 Å². The molecule has 0 saturated carbocycles. The van der Waals surface area contributed by atoms with E-state index in [2.05, 4.69) is 32.9 Å². The number of amides is 1. The van der Waals surface area contributed by atoms with Gasteiger partial charge in [-0.3, -0.25) is 4.79 Å². The number of pyridine rings is 1. The van der Waals surface area contributed by atoms with E-state index in [-0.39, 0.29) is 5.91 Å². The van der Waals surface area contributed by atoms with Gasteiger partial charge >= 0.3 is 0 Å². The summed E-state index contributed by atoms with van der Waals surface area (Å²) in [7, 11) is 0. The first-order valence-electron chi connectivity index (χ1n) is 5.33. The number of halogens is 1. The molecule has 0 aromatic carbocycles. The predicted molar refractivity (Wildman–Crippen MR) is 80.4 cm³/mol. The summed E-state index contributed by atoms with van der Waals surface area (Å²) in [6.07, 6.45) is 1.58. The highest BCUT2D eigenvalue weighted by atomic mass is 127. The van der Waals surface area contributed by atoms with Crippen molar-refractivity contribution in [3.05, 3.63) is 38.2 Å². The molecule has 2 heterocycles. The molecule has 0 radical (unpaired) electrons. The normalized spacial score (nSPS) is 10.1. The maximum Gasteiger partial charge on any atom is 0.256 e. The minimum absolute atomic E-state index is 0.125. The Morgan fingerprint density at radius 1 is 1.56 bits per heavy atom. The summed E-state index contributed by atoms with van der Waals surface area (Å²) in [6, 6.07) is 5.35. The van der Waals surface area contributed by atoms with Gasteiger partial charge in [0.2, 0.25) is 5.88 Å². The van der Waals surface area contributed by atoms with Crippen LogP contribution < -0.4 is 10.1 Å². The SMILES string of the molecule is CCOc1ccc(NC(=O)c2csc(I)c2)cn1. The highest BCUT2D eigenvalue weighted by Crippen LogP contribution is 2.18. The van der Waals surface area contributed by atoms with Crippen LogP contribution in [0.4, 0.5) is 5.69 Å². The Balaban J connectivity index is 2.03. The Bertz CT molecular complexity index is 539. The van der Waals surface area contributed by atoms with Gasteiger partial charge in [0, 0.05) is 11.4 Å². The average molecular weight is 374 g/mol. The molecule has 1 amide bonds. The molecular weight excluding hydrogens is 363 g/mol. The molecule has 2 aromatic rings. The predicted octanol–water partition coefficient (Wildman–Crippen LogP) is 3.40. The summed E-state index contributed by atoms with van der Waals surface area (Å²) >= 11 is 3.73. The fourth-order valence-corrected chi connectivity index (χ4v) is 2.65. The zero-order chi connectivity index (χ0) is 13.0. The number of hydrogen-bond acceptors (Lipinski definition) is 4. The van der Waals surface area contributed by atoms with Crippen LogP contribution in [0.25, 0.3) is 0 Å². The van der Waals surface area contributed by atoms with Crippen LogP contribution in [0.1, 0.15) is 17.3 Å². The van der Waals surface area contributed by atoms with Gasteiger partial charge in [0.1, 0.15) is 0 Å². The lowest BCUT2D eigenvalue weighted by Crippen LogP contribution is -2.11. The number of anilines is 1. The molecule has 0 spiro atoms. The van der Waals surface area contributed by atoms with Crippen molar-refractivity contribution in [1.29, 1.82) is 0 Å². The zero-order valence-corrected chi connectivity index (χ0v) is 12.6. The molecule has 18 heavy (non-hydrogen) atoms. The van der Waals surface area contributed by atoms with Crippen LogP contribution in [0, 0.1) is 2.88 Å². The van der Waals surface area contributed by atoms with Crippen LogP contribution in [0.15, 0.2) is 29.8 Å². The van der Waals surface area contributed by atoms with Crippen LogP contribution >= 0.6 is 33.9 Å². The summed E-state index contributed by atoms with van der Waals surface area (Å²) in [5.41, 5.74) is 1.32. The first-order chi connectivity index (χ1) is 8.69. The number of carbonyl (C=O) groups is 1. The summed E-state index contributed by atoms with van der Waals surface area (Å²) in [5.74, 6) is 0.431. The first kappa shape index (κ1) is 13.3. The first-order valence-corrected chi connectivity index (χ1v) is 7.29. The number of nitrogens with zero attached hydrogens (tertiary/aromatic N) is 1. The molecule has 0 aliphatic carbocycles.